The van der Waals surface area contributed by atoms with Gasteiger partial charge in [0.05, 0.1) is 37.8 Å². The first-order valence-corrected chi connectivity index (χ1v) is 11.3. The van der Waals surface area contributed by atoms with Gasteiger partial charge in [0, 0.05) is 25.2 Å². The molecule has 34 heavy (non-hydrogen) atoms. The molecule has 0 N–H and O–H groups in total. The van der Waals surface area contributed by atoms with Crippen LogP contribution in [0.5, 0.6) is 17.4 Å². The van der Waals surface area contributed by atoms with Gasteiger partial charge in [-0.15, -0.1) is 0 Å². The van der Waals surface area contributed by atoms with Gasteiger partial charge in [-0.2, -0.15) is 5.26 Å². The van der Waals surface area contributed by atoms with Crippen molar-refractivity contribution in [2.75, 3.05) is 51.5 Å². The molecule has 178 valence electrons. The van der Waals surface area contributed by atoms with Crippen LogP contribution in [0.1, 0.15) is 18.4 Å². The highest BCUT2D eigenvalue weighted by Crippen LogP contribution is 2.40. The number of nitrogens with zero attached hydrogens (tertiary/aromatic N) is 4. The molecular formula is C24H26N4O6. The number of carbonyl (C=O) groups excluding carboxylic acids is 1. The molecule has 2 saturated heterocycles. The van der Waals surface area contributed by atoms with E-state index < -0.39 is 0 Å². The van der Waals surface area contributed by atoms with Crippen molar-refractivity contribution < 1.29 is 28.6 Å². The lowest BCUT2D eigenvalue weighted by molar-refractivity contribution is -0.176. The minimum absolute atomic E-state index is 0.000260. The summed E-state index contributed by atoms with van der Waals surface area (Å²) in [5, 5.41) is 10.9. The first-order valence-electron chi connectivity index (χ1n) is 11.3. The Morgan fingerprint density at radius 1 is 1.24 bits per heavy atom. The van der Waals surface area contributed by atoms with E-state index >= 15 is 0 Å². The van der Waals surface area contributed by atoms with Crippen LogP contribution in [0.25, 0.3) is 0 Å². The average Bonchev–Trinajstić information content (AvgIpc) is 3.36. The smallest absolute Gasteiger partial charge is 0.249 e. The minimum Gasteiger partial charge on any atom is -0.490 e. The predicted molar refractivity (Wildman–Crippen MR) is 120 cm³/mol. The van der Waals surface area contributed by atoms with Crippen molar-refractivity contribution in [3.05, 3.63) is 36.0 Å². The molecule has 10 heteroatoms. The summed E-state index contributed by atoms with van der Waals surface area (Å²) in [6, 6.07) is 9.48. The maximum Gasteiger partial charge on any atom is 0.249 e. The van der Waals surface area contributed by atoms with Gasteiger partial charge in [-0.1, -0.05) is 0 Å². The lowest BCUT2D eigenvalue weighted by Gasteiger charge is -2.31. The van der Waals surface area contributed by atoms with Crippen LogP contribution in [0.4, 0.5) is 11.4 Å². The monoisotopic (exact) mass is 466 g/mol. The lowest BCUT2D eigenvalue weighted by Crippen LogP contribution is -2.37. The van der Waals surface area contributed by atoms with Gasteiger partial charge in [-0.05, 0) is 31.0 Å². The van der Waals surface area contributed by atoms with Gasteiger partial charge in [-0.25, -0.2) is 10.0 Å². The highest BCUT2D eigenvalue weighted by Gasteiger charge is 2.34. The summed E-state index contributed by atoms with van der Waals surface area (Å²) in [6.07, 6.45) is 2.84. The van der Waals surface area contributed by atoms with Crippen molar-refractivity contribution >= 4 is 17.3 Å². The largest absolute Gasteiger partial charge is 0.490 e. The Morgan fingerprint density at radius 2 is 2.09 bits per heavy atom. The number of pyridine rings is 1. The van der Waals surface area contributed by atoms with E-state index in [4.69, 9.17) is 23.8 Å². The molecular weight excluding hydrogens is 440 g/mol. The van der Waals surface area contributed by atoms with Crippen molar-refractivity contribution in [1.82, 2.24) is 10.0 Å². The molecule has 0 saturated carbocycles. The van der Waals surface area contributed by atoms with Crippen molar-refractivity contribution in [3.63, 3.8) is 0 Å². The number of anilines is 2. The normalized spacial score (nSPS) is 20.3. The number of hydrogen-bond donors (Lipinski definition) is 0. The molecule has 1 aromatic carbocycles. The number of fused-ring (bicyclic) bond motifs is 1. The minimum atomic E-state index is -0.271. The molecule has 1 unspecified atom stereocenters. The summed E-state index contributed by atoms with van der Waals surface area (Å²) in [7, 11) is 1.49. The van der Waals surface area contributed by atoms with Gasteiger partial charge >= 0.3 is 0 Å². The second kappa shape index (κ2) is 9.75. The molecule has 1 atom stereocenters. The van der Waals surface area contributed by atoms with E-state index in [2.05, 4.69) is 11.1 Å². The van der Waals surface area contributed by atoms with Crippen LogP contribution in [0.3, 0.4) is 0 Å². The fourth-order valence-electron chi connectivity index (χ4n) is 4.40. The van der Waals surface area contributed by atoms with Crippen molar-refractivity contribution in [2.24, 2.45) is 5.92 Å². The number of ether oxygens (including phenoxy) is 4. The van der Waals surface area contributed by atoms with E-state index in [1.807, 2.05) is 23.1 Å². The van der Waals surface area contributed by atoms with E-state index in [0.717, 1.165) is 24.2 Å². The van der Waals surface area contributed by atoms with Crippen LogP contribution in [0.2, 0.25) is 0 Å². The Labute approximate surface area is 197 Å². The first-order chi connectivity index (χ1) is 16.7. The zero-order chi connectivity index (χ0) is 23.5. The van der Waals surface area contributed by atoms with Gasteiger partial charge in [0.25, 0.3) is 0 Å². The summed E-state index contributed by atoms with van der Waals surface area (Å²) in [6.45, 7) is 2.99. The molecule has 3 aliphatic rings. The van der Waals surface area contributed by atoms with E-state index in [1.165, 1.54) is 12.2 Å². The number of nitriles is 1. The number of aromatic nitrogens is 1. The second-order valence-corrected chi connectivity index (χ2v) is 8.31. The summed E-state index contributed by atoms with van der Waals surface area (Å²) < 4.78 is 22.5. The van der Waals surface area contributed by atoms with Crippen LogP contribution in [-0.2, 0) is 14.4 Å². The zero-order valence-electron chi connectivity index (χ0n) is 18.9. The maximum atomic E-state index is 12.7. The third kappa shape index (κ3) is 4.44. The summed E-state index contributed by atoms with van der Waals surface area (Å²) in [5.41, 5.74) is 1.93. The van der Waals surface area contributed by atoms with Gasteiger partial charge in [0.1, 0.15) is 42.4 Å². The Hall–Kier alpha value is -3.55. The molecule has 2 aromatic rings. The average molecular weight is 466 g/mol. The van der Waals surface area contributed by atoms with Gasteiger partial charge in [-0.3, -0.25) is 9.63 Å². The molecule has 0 bridgehead atoms. The second-order valence-electron chi connectivity index (χ2n) is 8.31. The SMILES string of the molecule is COc1ncc(N2CCOc3ccc(OC4CON(C(=O)C5CCOCC5)C4)cc32)cc1C#N. The van der Waals surface area contributed by atoms with Crippen molar-refractivity contribution in [3.8, 4) is 23.4 Å². The Morgan fingerprint density at radius 3 is 2.88 bits per heavy atom. The third-order valence-corrected chi connectivity index (χ3v) is 6.16. The van der Waals surface area contributed by atoms with Crippen LogP contribution in [0, 0.1) is 17.2 Å². The summed E-state index contributed by atoms with van der Waals surface area (Å²) in [5.74, 6) is 1.59. The van der Waals surface area contributed by atoms with E-state index in [0.29, 0.717) is 56.6 Å². The van der Waals surface area contributed by atoms with E-state index in [1.54, 1.807) is 12.3 Å². The number of hydrogen-bond acceptors (Lipinski definition) is 9. The van der Waals surface area contributed by atoms with Gasteiger partial charge in [0.2, 0.25) is 11.8 Å². The van der Waals surface area contributed by atoms with Gasteiger partial charge in [0.15, 0.2) is 0 Å². The van der Waals surface area contributed by atoms with Crippen LogP contribution >= 0.6 is 0 Å². The fourth-order valence-corrected chi connectivity index (χ4v) is 4.40. The standard InChI is InChI=1S/C24H26N4O6/c1-30-23-17(12-25)10-18(13-26-23)27-6-9-32-22-3-2-19(11-21(22)27)34-20-14-28(33-15-20)24(29)16-4-7-31-8-5-16/h2-3,10-11,13,16,20H,4-9,14-15H2,1H3. The number of rotatable bonds is 5. The number of amides is 1. The van der Waals surface area contributed by atoms with Crippen molar-refractivity contribution in [1.29, 1.82) is 5.26 Å². The van der Waals surface area contributed by atoms with Crippen LogP contribution < -0.4 is 19.1 Å². The molecule has 0 radical (unpaired) electrons. The summed E-state index contributed by atoms with van der Waals surface area (Å²) >= 11 is 0. The summed E-state index contributed by atoms with van der Waals surface area (Å²) in [4.78, 5) is 24.6. The highest BCUT2D eigenvalue weighted by molar-refractivity contribution is 5.78. The lowest BCUT2D eigenvalue weighted by atomic mass is 9.99. The molecule has 2 fully saturated rings. The Bertz CT molecular complexity index is 1100. The van der Waals surface area contributed by atoms with E-state index in [9.17, 15) is 10.1 Å². The third-order valence-electron chi connectivity index (χ3n) is 6.16. The highest BCUT2D eigenvalue weighted by atomic mass is 16.7. The molecule has 3 aliphatic heterocycles. The predicted octanol–water partition coefficient (Wildman–Crippen LogP) is 2.44. The Balaban J connectivity index is 1.30. The number of benzene rings is 1. The van der Waals surface area contributed by atoms with Crippen LogP contribution in [-0.4, -0.2) is 68.7 Å². The zero-order valence-corrected chi connectivity index (χ0v) is 18.9. The molecule has 10 nitrogen and oxygen atoms in total. The number of hydroxylamine groups is 2. The first kappa shape index (κ1) is 22.3. The molecule has 0 aliphatic carbocycles. The number of carbonyl (C=O) groups is 1. The molecule has 0 spiro atoms. The molecule has 1 aromatic heterocycles. The van der Waals surface area contributed by atoms with Crippen molar-refractivity contribution in [2.45, 2.75) is 18.9 Å². The number of methoxy groups -OCH3 is 1. The quantitative estimate of drug-likeness (QED) is 0.657. The van der Waals surface area contributed by atoms with Crippen LogP contribution in [0.15, 0.2) is 30.5 Å². The van der Waals surface area contributed by atoms with E-state index in [-0.39, 0.29) is 23.8 Å². The van der Waals surface area contributed by atoms with Gasteiger partial charge < -0.3 is 23.8 Å². The molecule has 4 heterocycles. The fraction of sp³-hybridized carbons (Fsp3) is 0.458. The molecule has 5 rings (SSSR count). The molecule has 1 amide bonds. The maximum absolute atomic E-state index is 12.7. The topological polar surface area (TPSA) is 106 Å². The Kier molecular flexibility index (Phi) is 6.38.